The van der Waals surface area contributed by atoms with Gasteiger partial charge in [0.25, 0.3) is 0 Å². The van der Waals surface area contributed by atoms with E-state index in [0.29, 0.717) is 17.0 Å². The topological polar surface area (TPSA) is 176 Å². The molecule has 1 aliphatic rings. The number of rotatable bonds is 2. The molecule has 1 aromatic rings. The molecule has 2 rings (SSSR count). The van der Waals surface area contributed by atoms with Crippen molar-refractivity contribution in [2.24, 2.45) is 9.03 Å². The first-order valence-electron chi connectivity index (χ1n) is 4.58. The van der Waals surface area contributed by atoms with Crippen LogP contribution in [0, 0.1) is 0 Å². The molecule has 12 heteroatoms. The molecule has 0 bridgehead atoms. The van der Waals surface area contributed by atoms with Gasteiger partial charge in [0, 0.05) is 0 Å². The van der Waals surface area contributed by atoms with Crippen molar-refractivity contribution in [1.29, 1.82) is 0 Å². The van der Waals surface area contributed by atoms with Crippen LogP contribution >= 0.6 is 25.5 Å². The molecule has 0 saturated carbocycles. The standard InChI is InChI=1S/C6H11N8OP3/c7-1-2(8)4(10)6(5(11)3(1)9)15-18-13-16-12-17-14-18/h7-11H2,(H,12,13,14). The Kier molecular flexibility index (Phi) is 3.68. The number of hydrogen-bond donors (Lipinski definition) is 6. The minimum absolute atomic E-state index is 0.156. The molecular formula is C6H11N8OP3. The third-order valence-corrected chi connectivity index (χ3v) is 5.21. The summed E-state index contributed by atoms with van der Waals surface area (Å²) < 4.78 is 13.6. The number of nitrogen functional groups attached to an aromatic ring is 5. The molecular weight excluding hydrogens is 293 g/mol. The highest BCUT2D eigenvalue weighted by Gasteiger charge is 2.21. The SMILES string of the molecule is Nc1c(N)c(N)c(OP2N=PN=PN2)c(N)c1N. The second kappa shape index (κ2) is 5.08. The predicted octanol–water partition coefficient (Wildman–Crippen LogP) is 1.90. The Labute approximate surface area is 107 Å². The monoisotopic (exact) mass is 304 g/mol. The lowest BCUT2D eigenvalue weighted by molar-refractivity contribution is 0.618. The maximum Gasteiger partial charge on any atom is 0.311 e. The maximum atomic E-state index is 5.82. The molecule has 1 atom stereocenters. The molecule has 0 spiro atoms. The molecule has 11 N–H and O–H groups in total. The Morgan fingerprint density at radius 1 is 0.944 bits per heavy atom. The number of nitrogens with one attached hydrogen (secondary N) is 1. The summed E-state index contributed by atoms with van der Waals surface area (Å²) in [7, 11) is 0.00881. The molecule has 18 heavy (non-hydrogen) atoms. The van der Waals surface area contributed by atoms with Gasteiger partial charge >= 0.3 is 8.45 Å². The Bertz CT molecular complexity index is 517. The van der Waals surface area contributed by atoms with E-state index < -0.39 is 8.45 Å². The van der Waals surface area contributed by atoms with Crippen LogP contribution in [0.4, 0.5) is 28.4 Å². The lowest BCUT2D eigenvalue weighted by Crippen LogP contribution is -2.10. The summed E-state index contributed by atoms with van der Waals surface area (Å²) in [4.78, 5) is 2.93. The van der Waals surface area contributed by atoms with Crippen LogP contribution in [0.2, 0.25) is 0 Å². The first kappa shape index (κ1) is 13.1. The Morgan fingerprint density at radius 3 is 2.00 bits per heavy atom. The summed E-state index contributed by atoms with van der Waals surface area (Å²) >= 11 is 0. The van der Waals surface area contributed by atoms with E-state index in [0.717, 1.165) is 0 Å². The predicted molar refractivity (Wildman–Crippen MR) is 77.9 cm³/mol. The van der Waals surface area contributed by atoms with Gasteiger partial charge in [-0.25, -0.2) is 0 Å². The Hall–Kier alpha value is -1.39. The van der Waals surface area contributed by atoms with Crippen molar-refractivity contribution in [3.63, 3.8) is 0 Å². The van der Waals surface area contributed by atoms with Gasteiger partial charge in [-0.3, -0.25) is 0 Å². The lowest BCUT2D eigenvalue weighted by atomic mass is 10.1. The van der Waals surface area contributed by atoms with Crippen LogP contribution in [0.25, 0.3) is 0 Å². The van der Waals surface area contributed by atoms with E-state index in [9.17, 15) is 0 Å². The molecule has 0 amide bonds. The highest BCUT2D eigenvalue weighted by atomic mass is 31.2. The molecule has 1 aromatic carbocycles. The smallest absolute Gasteiger partial charge is 0.311 e. The van der Waals surface area contributed by atoms with Crippen LogP contribution in [0.1, 0.15) is 0 Å². The third kappa shape index (κ3) is 2.26. The minimum atomic E-state index is -1.27. The van der Waals surface area contributed by atoms with Crippen molar-refractivity contribution in [2.75, 3.05) is 28.7 Å². The van der Waals surface area contributed by atoms with Crippen molar-refractivity contribution in [2.45, 2.75) is 0 Å². The van der Waals surface area contributed by atoms with Gasteiger partial charge in [0.05, 0.1) is 17.1 Å². The van der Waals surface area contributed by atoms with Crippen LogP contribution in [0.15, 0.2) is 9.03 Å². The van der Waals surface area contributed by atoms with Crippen molar-refractivity contribution in [3.05, 3.63) is 0 Å². The third-order valence-electron chi connectivity index (χ3n) is 2.16. The van der Waals surface area contributed by atoms with Crippen LogP contribution in [0.3, 0.4) is 0 Å². The quantitative estimate of drug-likeness (QED) is 0.357. The van der Waals surface area contributed by atoms with Gasteiger partial charge in [-0.05, 0) is 0 Å². The summed E-state index contributed by atoms with van der Waals surface area (Å²) in [6.45, 7) is 0. The summed E-state index contributed by atoms with van der Waals surface area (Å²) in [5.74, 6) is 0.203. The summed E-state index contributed by atoms with van der Waals surface area (Å²) in [6, 6.07) is 0. The second-order valence-electron chi connectivity index (χ2n) is 3.23. The highest BCUT2D eigenvalue weighted by molar-refractivity contribution is 7.64. The highest BCUT2D eigenvalue weighted by Crippen LogP contribution is 2.51. The summed E-state index contributed by atoms with van der Waals surface area (Å²) in [5.41, 5.74) is 29.5. The first-order chi connectivity index (χ1) is 8.52. The number of hydrogen-bond acceptors (Lipinski definition) is 9. The van der Waals surface area contributed by atoms with E-state index in [-0.39, 0.29) is 34.2 Å². The van der Waals surface area contributed by atoms with Gasteiger partial charge in [-0.2, -0.15) is 13.9 Å². The number of benzene rings is 1. The fourth-order valence-electron chi connectivity index (χ4n) is 1.20. The van der Waals surface area contributed by atoms with Crippen molar-refractivity contribution < 1.29 is 4.52 Å². The van der Waals surface area contributed by atoms with Gasteiger partial charge in [0.2, 0.25) is 0 Å². The molecule has 96 valence electrons. The van der Waals surface area contributed by atoms with Crippen LogP contribution < -0.4 is 38.0 Å². The molecule has 0 radical (unpaired) electrons. The van der Waals surface area contributed by atoms with Crippen molar-refractivity contribution in [1.82, 2.24) is 4.86 Å². The van der Waals surface area contributed by atoms with Crippen LogP contribution in [-0.4, -0.2) is 0 Å². The van der Waals surface area contributed by atoms with E-state index in [2.05, 4.69) is 13.9 Å². The van der Waals surface area contributed by atoms with Crippen LogP contribution in [-0.2, 0) is 0 Å². The van der Waals surface area contributed by atoms with Crippen LogP contribution in [0.5, 0.6) is 5.75 Å². The fourth-order valence-corrected chi connectivity index (χ4v) is 4.14. The Balaban J connectivity index is 2.38. The molecule has 1 unspecified atom stereocenters. The van der Waals surface area contributed by atoms with Gasteiger partial charge in [-0.1, -0.05) is 0 Å². The largest absolute Gasteiger partial charge is 0.434 e. The Morgan fingerprint density at radius 2 is 1.50 bits per heavy atom. The molecule has 0 aromatic heterocycles. The maximum absolute atomic E-state index is 5.82. The zero-order chi connectivity index (χ0) is 13.3. The fraction of sp³-hybridized carbons (Fsp3) is 0. The second-order valence-corrected chi connectivity index (χ2v) is 6.57. The lowest BCUT2D eigenvalue weighted by Gasteiger charge is -2.19. The van der Waals surface area contributed by atoms with E-state index >= 15 is 0 Å². The molecule has 9 nitrogen and oxygen atoms in total. The molecule has 0 aliphatic carbocycles. The van der Waals surface area contributed by atoms with Crippen molar-refractivity contribution in [3.8, 4) is 5.75 Å². The van der Waals surface area contributed by atoms with Gasteiger partial charge in [0.1, 0.15) is 19.9 Å². The average Bonchev–Trinajstić information content (AvgIpc) is 2.40. The summed E-state index contributed by atoms with van der Waals surface area (Å²) in [6.07, 6.45) is 0. The molecule has 1 aliphatic heterocycles. The van der Waals surface area contributed by atoms with Gasteiger partial charge in [0.15, 0.2) is 14.3 Å². The molecule has 0 saturated heterocycles. The average molecular weight is 304 g/mol. The zero-order valence-corrected chi connectivity index (χ0v) is 11.7. The number of nitrogens with zero attached hydrogens (tertiary/aromatic N) is 2. The van der Waals surface area contributed by atoms with Gasteiger partial charge < -0.3 is 33.2 Å². The minimum Gasteiger partial charge on any atom is -0.434 e. The van der Waals surface area contributed by atoms with E-state index in [1.54, 1.807) is 0 Å². The molecule has 1 heterocycles. The van der Waals surface area contributed by atoms with E-state index in [1.165, 1.54) is 0 Å². The normalized spacial score (nSPS) is 19.7. The number of nitrogens with two attached hydrogens (primary N) is 5. The summed E-state index contributed by atoms with van der Waals surface area (Å²) in [5, 5.41) is 0. The zero-order valence-electron chi connectivity index (χ0n) is 9.03. The van der Waals surface area contributed by atoms with E-state index in [1.807, 2.05) is 0 Å². The van der Waals surface area contributed by atoms with E-state index in [4.69, 9.17) is 33.2 Å². The van der Waals surface area contributed by atoms with Gasteiger partial charge in [-0.15, -0.1) is 0 Å². The molecule has 0 fully saturated rings. The number of anilines is 5. The first-order valence-corrected chi connectivity index (χ1v) is 7.44. The van der Waals surface area contributed by atoms with Crippen molar-refractivity contribution >= 4 is 53.9 Å².